The van der Waals surface area contributed by atoms with Crippen LogP contribution in [0.2, 0.25) is 0 Å². The van der Waals surface area contributed by atoms with Crippen LogP contribution in [-0.2, 0) is 18.3 Å². The van der Waals surface area contributed by atoms with E-state index in [1.165, 1.54) is 0 Å². The number of aryl methyl sites for hydroxylation is 2. The van der Waals surface area contributed by atoms with Gasteiger partial charge in [-0.15, -0.1) is 24.8 Å². The van der Waals surface area contributed by atoms with Crippen LogP contribution in [0, 0.1) is 5.92 Å². The lowest BCUT2D eigenvalue weighted by molar-refractivity contribution is -0.126. The van der Waals surface area contributed by atoms with Crippen LogP contribution in [-0.4, -0.2) is 34.6 Å². The average Bonchev–Trinajstić information content (AvgIpc) is 2.88. The van der Waals surface area contributed by atoms with E-state index in [9.17, 15) is 4.79 Å². The number of imidazole rings is 1. The van der Waals surface area contributed by atoms with Gasteiger partial charge >= 0.3 is 0 Å². The predicted molar refractivity (Wildman–Crippen MR) is 107 cm³/mol. The molecule has 1 aliphatic rings. The molecule has 1 aliphatic heterocycles. The molecule has 1 fully saturated rings. The zero-order chi connectivity index (χ0) is 16.2. The molecule has 2 atom stereocenters. The van der Waals surface area contributed by atoms with Gasteiger partial charge in [-0.3, -0.25) is 4.79 Å². The molecule has 0 saturated carbocycles. The van der Waals surface area contributed by atoms with E-state index in [0.29, 0.717) is 6.04 Å². The first kappa shape index (κ1) is 21.7. The summed E-state index contributed by atoms with van der Waals surface area (Å²) in [5, 5.41) is 6.48. The maximum atomic E-state index is 12.2. The van der Waals surface area contributed by atoms with Gasteiger partial charge in [0.05, 0.1) is 11.0 Å². The van der Waals surface area contributed by atoms with Gasteiger partial charge in [0.2, 0.25) is 5.91 Å². The molecule has 3 rings (SSSR count). The summed E-state index contributed by atoms with van der Waals surface area (Å²) in [6, 6.07) is 8.62. The molecule has 1 aromatic heterocycles. The van der Waals surface area contributed by atoms with Crippen molar-refractivity contribution in [2.75, 3.05) is 13.1 Å². The Morgan fingerprint density at radius 3 is 2.84 bits per heavy atom. The number of halogens is 2. The molecule has 25 heavy (non-hydrogen) atoms. The molecular formula is C18H28Cl2N4O. The van der Waals surface area contributed by atoms with Crippen molar-refractivity contribution in [2.24, 2.45) is 13.0 Å². The quantitative estimate of drug-likeness (QED) is 0.776. The fourth-order valence-corrected chi connectivity index (χ4v) is 3.39. The summed E-state index contributed by atoms with van der Waals surface area (Å²) in [6.07, 6.45) is 3.69. The third-order valence-electron chi connectivity index (χ3n) is 4.75. The van der Waals surface area contributed by atoms with Crippen LogP contribution in [0.15, 0.2) is 24.3 Å². The van der Waals surface area contributed by atoms with Crippen LogP contribution >= 0.6 is 24.8 Å². The number of aromatic nitrogens is 2. The van der Waals surface area contributed by atoms with Gasteiger partial charge in [0, 0.05) is 32.0 Å². The Hall–Kier alpha value is -1.30. The topological polar surface area (TPSA) is 59.0 Å². The monoisotopic (exact) mass is 386 g/mol. The van der Waals surface area contributed by atoms with E-state index < -0.39 is 0 Å². The third-order valence-corrected chi connectivity index (χ3v) is 4.75. The van der Waals surface area contributed by atoms with E-state index in [-0.39, 0.29) is 36.6 Å². The van der Waals surface area contributed by atoms with E-state index in [1.807, 2.05) is 18.2 Å². The minimum atomic E-state index is 0. The van der Waals surface area contributed by atoms with Crippen LogP contribution in [0.4, 0.5) is 0 Å². The number of rotatable bonds is 5. The molecule has 2 N–H and O–H groups in total. The lowest BCUT2D eigenvalue weighted by atomic mass is 9.92. The smallest absolute Gasteiger partial charge is 0.223 e. The molecule has 0 unspecified atom stereocenters. The Balaban J connectivity index is 0.00000156. The van der Waals surface area contributed by atoms with Crippen LogP contribution in [0.3, 0.4) is 0 Å². The predicted octanol–water partition coefficient (Wildman–Crippen LogP) is 2.85. The number of hydrogen-bond acceptors (Lipinski definition) is 3. The molecule has 1 amide bonds. The first-order valence-electron chi connectivity index (χ1n) is 8.56. The standard InChI is InChI=1S/C18H26N4O.2ClH/c1-13-12-14(9-11-19-13)18(23)20-10-5-8-17-21-15-6-3-4-7-16(15)22(17)2;;/h3-4,6-7,13-14,19H,5,8-12H2,1-2H3,(H,20,23);2*1H/t13-,14-;;/m0../s1. The molecule has 1 aromatic carbocycles. The second-order valence-electron chi connectivity index (χ2n) is 6.55. The Morgan fingerprint density at radius 2 is 2.12 bits per heavy atom. The SMILES string of the molecule is C[C@H]1C[C@@H](C(=O)NCCCc2nc3ccccc3n2C)CCN1.Cl.Cl. The van der Waals surface area contributed by atoms with Crippen molar-refractivity contribution >= 4 is 41.8 Å². The number of piperidine rings is 1. The summed E-state index contributed by atoms with van der Waals surface area (Å²) < 4.78 is 2.14. The number of benzene rings is 1. The number of hydrogen-bond donors (Lipinski definition) is 2. The molecule has 5 nitrogen and oxygen atoms in total. The maximum Gasteiger partial charge on any atom is 0.223 e. The van der Waals surface area contributed by atoms with Gasteiger partial charge in [0.15, 0.2) is 0 Å². The lowest BCUT2D eigenvalue weighted by Crippen LogP contribution is -2.42. The maximum absolute atomic E-state index is 12.2. The van der Waals surface area contributed by atoms with Crippen molar-refractivity contribution < 1.29 is 4.79 Å². The highest BCUT2D eigenvalue weighted by atomic mass is 35.5. The minimum absolute atomic E-state index is 0. The van der Waals surface area contributed by atoms with Crippen LogP contribution in [0.25, 0.3) is 11.0 Å². The highest BCUT2D eigenvalue weighted by molar-refractivity contribution is 5.85. The Kier molecular flexibility index (Phi) is 8.69. The minimum Gasteiger partial charge on any atom is -0.356 e. The number of fused-ring (bicyclic) bond motifs is 1. The van der Waals surface area contributed by atoms with E-state index in [2.05, 4.69) is 40.2 Å². The Labute approximate surface area is 161 Å². The summed E-state index contributed by atoms with van der Waals surface area (Å²) in [5.74, 6) is 1.46. The highest BCUT2D eigenvalue weighted by Gasteiger charge is 2.24. The van der Waals surface area contributed by atoms with Crippen molar-refractivity contribution in [2.45, 2.75) is 38.6 Å². The Bertz CT molecular complexity index is 689. The van der Waals surface area contributed by atoms with Crippen LogP contribution < -0.4 is 10.6 Å². The fraction of sp³-hybridized carbons (Fsp3) is 0.556. The van der Waals surface area contributed by atoms with Gasteiger partial charge in [-0.1, -0.05) is 12.1 Å². The zero-order valence-electron chi connectivity index (χ0n) is 14.8. The molecule has 0 aliphatic carbocycles. The highest BCUT2D eigenvalue weighted by Crippen LogP contribution is 2.17. The van der Waals surface area contributed by atoms with Crippen LogP contribution in [0.1, 0.15) is 32.0 Å². The van der Waals surface area contributed by atoms with Gasteiger partial charge in [-0.2, -0.15) is 0 Å². The van der Waals surface area contributed by atoms with Gasteiger partial charge < -0.3 is 15.2 Å². The van der Waals surface area contributed by atoms with E-state index >= 15 is 0 Å². The van der Waals surface area contributed by atoms with Gasteiger partial charge in [-0.05, 0) is 44.9 Å². The zero-order valence-corrected chi connectivity index (χ0v) is 16.5. The van der Waals surface area contributed by atoms with Gasteiger partial charge in [0.25, 0.3) is 0 Å². The summed E-state index contributed by atoms with van der Waals surface area (Å²) in [4.78, 5) is 16.9. The third kappa shape index (κ3) is 5.33. The number of carbonyl (C=O) groups is 1. The number of para-hydroxylation sites is 2. The Morgan fingerprint density at radius 1 is 1.36 bits per heavy atom. The summed E-state index contributed by atoms with van der Waals surface area (Å²) >= 11 is 0. The summed E-state index contributed by atoms with van der Waals surface area (Å²) in [6.45, 7) is 3.81. The van der Waals surface area contributed by atoms with E-state index in [0.717, 1.165) is 55.6 Å². The molecule has 7 heteroatoms. The molecule has 0 radical (unpaired) electrons. The largest absolute Gasteiger partial charge is 0.356 e. The molecule has 1 saturated heterocycles. The van der Waals surface area contributed by atoms with Gasteiger partial charge in [-0.25, -0.2) is 4.98 Å². The number of nitrogens with zero attached hydrogens (tertiary/aromatic N) is 2. The first-order valence-corrected chi connectivity index (χ1v) is 8.56. The van der Waals surface area contributed by atoms with Crippen LogP contribution in [0.5, 0.6) is 0 Å². The van der Waals surface area contributed by atoms with Crippen molar-refractivity contribution in [3.63, 3.8) is 0 Å². The van der Waals surface area contributed by atoms with Crippen molar-refractivity contribution in [3.05, 3.63) is 30.1 Å². The van der Waals surface area contributed by atoms with Crippen molar-refractivity contribution in [1.29, 1.82) is 0 Å². The molecule has 0 spiro atoms. The van der Waals surface area contributed by atoms with Crippen molar-refractivity contribution in [1.82, 2.24) is 20.2 Å². The molecular weight excluding hydrogens is 359 g/mol. The van der Waals surface area contributed by atoms with E-state index in [1.54, 1.807) is 0 Å². The lowest BCUT2D eigenvalue weighted by Gasteiger charge is -2.27. The first-order chi connectivity index (χ1) is 11.1. The molecule has 0 bridgehead atoms. The van der Waals surface area contributed by atoms with E-state index in [4.69, 9.17) is 0 Å². The average molecular weight is 387 g/mol. The fourth-order valence-electron chi connectivity index (χ4n) is 3.39. The summed E-state index contributed by atoms with van der Waals surface area (Å²) in [7, 11) is 2.06. The van der Waals surface area contributed by atoms with Gasteiger partial charge in [0.1, 0.15) is 5.82 Å². The number of nitrogens with one attached hydrogen (secondary N) is 2. The summed E-state index contributed by atoms with van der Waals surface area (Å²) in [5.41, 5.74) is 2.20. The molecule has 140 valence electrons. The van der Waals surface area contributed by atoms with Crippen molar-refractivity contribution in [3.8, 4) is 0 Å². The number of amides is 1. The normalized spacial score (nSPS) is 19.8. The molecule has 2 heterocycles. The second kappa shape index (κ2) is 10.00. The second-order valence-corrected chi connectivity index (χ2v) is 6.55. The number of carbonyl (C=O) groups excluding carboxylic acids is 1. The molecule has 2 aromatic rings.